The molecule has 3 fully saturated rings. The van der Waals surface area contributed by atoms with E-state index in [9.17, 15) is 4.79 Å². The number of hydrogen-bond acceptors (Lipinski definition) is 5. The molecule has 5 nitrogen and oxygen atoms in total. The summed E-state index contributed by atoms with van der Waals surface area (Å²) in [5.74, 6) is 2.73. The van der Waals surface area contributed by atoms with Gasteiger partial charge in [-0.15, -0.1) is 0 Å². The first-order valence-corrected chi connectivity index (χ1v) is 13.4. The maximum Gasteiger partial charge on any atom is 0.164 e. The zero-order valence-corrected chi connectivity index (χ0v) is 21.1. The summed E-state index contributed by atoms with van der Waals surface area (Å²) in [5, 5.41) is 0. The van der Waals surface area contributed by atoms with Crippen molar-refractivity contribution in [3.63, 3.8) is 0 Å². The van der Waals surface area contributed by atoms with Crippen molar-refractivity contribution in [3.05, 3.63) is 59.2 Å². The summed E-state index contributed by atoms with van der Waals surface area (Å²) in [6, 6.07) is 14.8. The van der Waals surface area contributed by atoms with E-state index in [-0.39, 0.29) is 11.0 Å². The van der Waals surface area contributed by atoms with Crippen molar-refractivity contribution >= 4 is 5.78 Å². The van der Waals surface area contributed by atoms with E-state index in [0.717, 1.165) is 55.3 Å². The number of methoxy groups -OCH3 is 1. The van der Waals surface area contributed by atoms with Crippen LogP contribution in [0.3, 0.4) is 0 Å². The molecule has 0 N–H and O–H groups in total. The zero-order chi connectivity index (χ0) is 24.0. The van der Waals surface area contributed by atoms with E-state index in [2.05, 4.69) is 36.1 Å². The quantitative estimate of drug-likeness (QED) is 0.533. The molecule has 0 aromatic heterocycles. The summed E-state index contributed by atoms with van der Waals surface area (Å²) in [6.45, 7) is 5.42. The van der Waals surface area contributed by atoms with Crippen LogP contribution < -0.4 is 9.47 Å². The Morgan fingerprint density at radius 1 is 1.09 bits per heavy atom. The van der Waals surface area contributed by atoms with Gasteiger partial charge >= 0.3 is 0 Å². The predicted molar refractivity (Wildman–Crippen MR) is 135 cm³/mol. The van der Waals surface area contributed by atoms with Crippen LogP contribution in [0, 0.1) is 5.92 Å². The first-order chi connectivity index (χ1) is 17.1. The summed E-state index contributed by atoms with van der Waals surface area (Å²) in [7, 11) is 1.74. The van der Waals surface area contributed by atoms with Crippen molar-refractivity contribution in [1.29, 1.82) is 0 Å². The summed E-state index contributed by atoms with van der Waals surface area (Å²) < 4.78 is 19.3. The SMILES string of the molecule is CCO[C@@]12CCC(=O)C[C@]13CCN(CC1CC1)[C@H]2Cc1ccc(OCc2ccccc2)c(OC)c13. The number of rotatable bonds is 8. The fourth-order valence-electron chi connectivity index (χ4n) is 7.40. The minimum absolute atomic E-state index is 0.304. The van der Waals surface area contributed by atoms with Gasteiger partial charge in [-0.2, -0.15) is 0 Å². The second-order valence-corrected chi connectivity index (χ2v) is 10.9. The van der Waals surface area contributed by atoms with Crippen LogP contribution >= 0.6 is 0 Å². The van der Waals surface area contributed by atoms with E-state index in [1.165, 1.54) is 24.0 Å². The second kappa shape index (κ2) is 8.94. The minimum Gasteiger partial charge on any atom is -0.493 e. The normalized spacial score (nSPS) is 29.9. The third kappa shape index (κ3) is 3.70. The van der Waals surface area contributed by atoms with Crippen LogP contribution in [0.1, 0.15) is 62.1 Å². The molecule has 3 aliphatic carbocycles. The molecular weight excluding hydrogens is 438 g/mol. The van der Waals surface area contributed by atoms with E-state index in [0.29, 0.717) is 37.9 Å². The lowest BCUT2D eigenvalue weighted by Crippen LogP contribution is -2.74. The van der Waals surface area contributed by atoms with Crippen molar-refractivity contribution < 1.29 is 19.0 Å². The molecule has 3 atom stereocenters. The van der Waals surface area contributed by atoms with Crippen LogP contribution in [0.5, 0.6) is 11.5 Å². The standard InChI is InChI=1S/C30H37NO4/c1-3-35-30-14-13-24(32)18-29(30)15-16-31(19-21-9-10-21)26(30)17-23-11-12-25(28(33-2)27(23)29)34-20-22-7-5-4-6-8-22/h4-8,11-12,21,26H,3,9-10,13-20H2,1-2H3/t26-,29-,30+/m0/s1. The number of benzene rings is 2. The maximum atomic E-state index is 13.1. The van der Waals surface area contributed by atoms with Gasteiger partial charge in [-0.1, -0.05) is 36.4 Å². The molecule has 2 bridgehead atoms. The lowest BCUT2D eigenvalue weighted by molar-refractivity contribution is -0.198. The molecule has 0 amide bonds. The largest absolute Gasteiger partial charge is 0.493 e. The molecule has 35 heavy (non-hydrogen) atoms. The fraction of sp³-hybridized carbons (Fsp3) is 0.567. The van der Waals surface area contributed by atoms with Gasteiger partial charge < -0.3 is 14.2 Å². The van der Waals surface area contributed by atoms with Gasteiger partial charge in [-0.05, 0) is 68.7 Å². The van der Waals surface area contributed by atoms with Gasteiger partial charge in [0.25, 0.3) is 0 Å². The molecule has 2 aromatic rings. The van der Waals surface area contributed by atoms with Crippen molar-refractivity contribution in [2.75, 3.05) is 26.8 Å². The van der Waals surface area contributed by atoms with E-state index in [1.54, 1.807) is 7.11 Å². The minimum atomic E-state index is -0.367. The van der Waals surface area contributed by atoms with E-state index in [4.69, 9.17) is 14.2 Å². The van der Waals surface area contributed by atoms with Gasteiger partial charge in [0, 0.05) is 43.0 Å². The van der Waals surface area contributed by atoms with Crippen molar-refractivity contribution in [1.82, 2.24) is 4.90 Å². The fourth-order valence-corrected chi connectivity index (χ4v) is 7.40. The van der Waals surface area contributed by atoms with Crippen LogP contribution in [0.2, 0.25) is 0 Å². The smallest absolute Gasteiger partial charge is 0.164 e. The van der Waals surface area contributed by atoms with E-state index < -0.39 is 0 Å². The third-order valence-corrected chi connectivity index (χ3v) is 9.02. The summed E-state index contributed by atoms with van der Waals surface area (Å²) in [5.41, 5.74) is 2.86. The summed E-state index contributed by atoms with van der Waals surface area (Å²) in [4.78, 5) is 15.8. The molecule has 5 heteroatoms. The molecule has 1 saturated heterocycles. The number of Topliss-reactive ketones (excluding diaryl/α,β-unsaturated/α-hetero) is 1. The highest BCUT2D eigenvalue weighted by atomic mass is 16.5. The molecule has 1 aliphatic heterocycles. The first-order valence-electron chi connectivity index (χ1n) is 13.4. The third-order valence-electron chi connectivity index (χ3n) is 9.02. The first kappa shape index (κ1) is 23.1. The zero-order valence-electron chi connectivity index (χ0n) is 21.1. The van der Waals surface area contributed by atoms with Crippen molar-refractivity contribution in [2.24, 2.45) is 5.92 Å². The van der Waals surface area contributed by atoms with Crippen molar-refractivity contribution in [3.8, 4) is 11.5 Å². The molecule has 2 aromatic carbocycles. The summed E-state index contributed by atoms with van der Waals surface area (Å²) >= 11 is 0. The van der Waals surface area contributed by atoms with Crippen LogP contribution in [-0.4, -0.2) is 49.1 Å². The molecule has 1 heterocycles. The molecule has 2 saturated carbocycles. The highest BCUT2D eigenvalue weighted by Gasteiger charge is 2.67. The van der Waals surface area contributed by atoms with Gasteiger partial charge in [0.05, 0.1) is 12.7 Å². The Hall–Kier alpha value is -2.37. The number of likely N-dealkylation sites (tertiary alicyclic amines) is 1. The Balaban J connectivity index is 1.46. The number of hydrogen-bond donors (Lipinski definition) is 0. The average molecular weight is 476 g/mol. The number of carbonyl (C=O) groups is 1. The Labute approximate surface area is 208 Å². The number of ketones is 1. The van der Waals surface area contributed by atoms with Crippen LogP contribution in [0.4, 0.5) is 0 Å². The molecule has 0 unspecified atom stereocenters. The molecule has 186 valence electrons. The van der Waals surface area contributed by atoms with Gasteiger partial charge in [-0.3, -0.25) is 9.69 Å². The Morgan fingerprint density at radius 3 is 2.66 bits per heavy atom. The highest BCUT2D eigenvalue weighted by molar-refractivity contribution is 5.83. The Morgan fingerprint density at radius 2 is 1.91 bits per heavy atom. The average Bonchev–Trinajstić information content (AvgIpc) is 3.69. The number of fused-ring (bicyclic) bond motifs is 1. The monoisotopic (exact) mass is 475 g/mol. The number of piperidine rings is 1. The van der Waals surface area contributed by atoms with Crippen LogP contribution in [-0.2, 0) is 28.0 Å². The molecule has 0 spiro atoms. The van der Waals surface area contributed by atoms with E-state index >= 15 is 0 Å². The lowest BCUT2D eigenvalue weighted by Gasteiger charge is -2.65. The topological polar surface area (TPSA) is 48.0 Å². The molecule has 0 radical (unpaired) electrons. The molecular formula is C30H37NO4. The summed E-state index contributed by atoms with van der Waals surface area (Å²) in [6.07, 6.45) is 6.50. The molecule has 4 aliphatic rings. The van der Waals surface area contributed by atoms with Gasteiger partial charge in [-0.25, -0.2) is 0 Å². The van der Waals surface area contributed by atoms with Crippen LogP contribution in [0.25, 0.3) is 0 Å². The molecule has 6 rings (SSSR count). The van der Waals surface area contributed by atoms with Gasteiger partial charge in [0.15, 0.2) is 11.5 Å². The predicted octanol–water partition coefficient (Wildman–Crippen LogP) is 5.08. The number of ether oxygens (including phenoxy) is 3. The number of carbonyl (C=O) groups excluding carboxylic acids is 1. The Kier molecular flexibility index (Phi) is 5.89. The number of nitrogens with zero attached hydrogens (tertiary/aromatic N) is 1. The van der Waals surface area contributed by atoms with E-state index in [1.807, 2.05) is 18.2 Å². The van der Waals surface area contributed by atoms with Gasteiger partial charge in [0.1, 0.15) is 12.4 Å². The second-order valence-electron chi connectivity index (χ2n) is 10.9. The van der Waals surface area contributed by atoms with Crippen LogP contribution in [0.15, 0.2) is 42.5 Å². The maximum absolute atomic E-state index is 13.1. The highest BCUT2D eigenvalue weighted by Crippen LogP contribution is 2.62. The van der Waals surface area contributed by atoms with Crippen molar-refractivity contribution in [2.45, 2.75) is 75.5 Å². The Bertz CT molecular complexity index is 1100. The lowest BCUT2D eigenvalue weighted by atomic mass is 9.49. The van der Waals surface area contributed by atoms with Gasteiger partial charge in [0.2, 0.25) is 0 Å².